The highest BCUT2D eigenvalue weighted by Gasteiger charge is 2.38. The van der Waals surface area contributed by atoms with Crippen molar-refractivity contribution in [1.82, 2.24) is 19.9 Å². The van der Waals surface area contributed by atoms with Crippen LogP contribution < -0.4 is 20.5 Å². The molecule has 2 amide bonds. The van der Waals surface area contributed by atoms with E-state index in [1.54, 1.807) is 34.6 Å². The molecule has 3 aromatic rings. The van der Waals surface area contributed by atoms with Crippen LogP contribution >= 0.6 is 11.3 Å². The number of ether oxygens (including phenoxy) is 2. The van der Waals surface area contributed by atoms with Crippen molar-refractivity contribution in [3.8, 4) is 5.75 Å². The van der Waals surface area contributed by atoms with Gasteiger partial charge < -0.3 is 25.4 Å². The molecule has 0 aliphatic carbocycles. The van der Waals surface area contributed by atoms with Crippen molar-refractivity contribution in [3.63, 3.8) is 0 Å². The molecule has 13 nitrogen and oxygen atoms in total. The standard InChI is InChI=1S/C36H48N6O7S2/c1-20-21(2)30(22(3)24-18-36(7,8)48-29(20)24)51(46,47)41-33(37)38-16-11-13-26(28(43)32-40-25-12-9-10-14-27(25)50-32)39-31(44)23-15-17-42(19-23)34(45)49-35(4,5)6/h9-10,12,14,23,26H,11,13,15-19H2,1-8H3,(H,39,44)(H3,37,38,41)/t23-,26-/m0/s1. The summed E-state index contributed by atoms with van der Waals surface area (Å²) in [4.78, 5) is 50.2. The molecule has 1 aromatic heterocycles. The zero-order valence-electron chi connectivity index (χ0n) is 30.5. The first-order chi connectivity index (χ1) is 23.8. The quantitative estimate of drug-likeness (QED) is 0.112. The van der Waals surface area contributed by atoms with Gasteiger partial charge in [-0.1, -0.05) is 12.1 Å². The minimum absolute atomic E-state index is 0.0902. The Morgan fingerprint density at radius 2 is 1.86 bits per heavy atom. The number of carbonyl (C=O) groups excluding carboxylic acids is 3. The molecule has 2 aliphatic heterocycles. The van der Waals surface area contributed by atoms with Crippen LogP contribution in [-0.2, 0) is 26.0 Å². The van der Waals surface area contributed by atoms with Crippen molar-refractivity contribution in [2.75, 3.05) is 19.6 Å². The number of nitrogens with two attached hydrogens (primary N) is 1. The summed E-state index contributed by atoms with van der Waals surface area (Å²) in [5, 5.41) is 3.17. The second kappa shape index (κ2) is 14.4. The van der Waals surface area contributed by atoms with Gasteiger partial charge in [0, 0.05) is 31.6 Å². The minimum Gasteiger partial charge on any atom is -0.487 e. The number of rotatable bonds is 10. The first-order valence-corrected chi connectivity index (χ1v) is 19.4. The van der Waals surface area contributed by atoms with Gasteiger partial charge in [-0.15, -0.1) is 11.3 Å². The molecule has 3 heterocycles. The van der Waals surface area contributed by atoms with Crippen LogP contribution in [0.2, 0.25) is 0 Å². The Morgan fingerprint density at radius 3 is 2.55 bits per heavy atom. The van der Waals surface area contributed by atoms with E-state index in [4.69, 9.17) is 15.2 Å². The number of Topliss-reactive ketones (excluding diaryl/α,β-unsaturated/α-hetero) is 1. The SMILES string of the molecule is Cc1c(C)c(S(=O)(=O)NC(N)=NCCC[C@H](NC(=O)[C@H]2CCN(C(=O)OC(C)(C)C)C2)C(=O)c2nc3ccccc3s2)c(C)c2c1OC(C)(C)C2. The summed E-state index contributed by atoms with van der Waals surface area (Å²) in [6, 6.07) is 6.48. The number of guanidine groups is 1. The third kappa shape index (κ3) is 8.63. The highest BCUT2D eigenvalue weighted by molar-refractivity contribution is 7.90. The number of aliphatic imine (C=N–C) groups is 1. The highest BCUT2D eigenvalue weighted by Crippen LogP contribution is 2.43. The maximum absolute atomic E-state index is 13.8. The Balaban J connectivity index is 1.27. The number of nitrogens with one attached hydrogen (secondary N) is 2. The Morgan fingerprint density at radius 1 is 1.16 bits per heavy atom. The van der Waals surface area contributed by atoms with Crippen LogP contribution in [0.5, 0.6) is 5.75 Å². The lowest BCUT2D eigenvalue weighted by Gasteiger charge is -2.24. The van der Waals surface area contributed by atoms with Gasteiger partial charge in [0.1, 0.15) is 17.0 Å². The summed E-state index contributed by atoms with van der Waals surface area (Å²) in [7, 11) is -4.08. The largest absolute Gasteiger partial charge is 0.487 e. The van der Waals surface area contributed by atoms with Crippen molar-refractivity contribution < 1.29 is 32.3 Å². The first kappa shape index (κ1) is 38.0. The molecular weight excluding hydrogens is 693 g/mol. The number of thiazole rings is 1. The lowest BCUT2D eigenvalue weighted by atomic mass is 9.94. The summed E-state index contributed by atoms with van der Waals surface area (Å²) in [5.74, 6) is -0.755. The second-order valence-electron chi connectivity index (χ2n) is 14.9. The molecule has 0 unspecified atom stereocenters. The molecule has 2 aliphatic rings. The molecule has 0 radical (unpaired) electrons. The van der Waals surface area contributed by atoms with Gasteiger partial charge in [-0.25, -0.2) is 22.9 Å². The predicted molar refractivity (Wildman–Crippen MR) is 197 cm³/mol. The zero-order chi connectivity index (χ0) is 37.5. The van der Waals surface area contributed by atoms with Crippen LogP contribution in [0.25, 0.3) is 10.2 Å². The van der Waals surface area contributed by atoms with Crippen LogP contribution in [-0.4, -0.2) is 78.9 Å². The third-order valence-electron chi connectivity index (χ3n) is 9.08. The molecule has 5 rings (SSSR count). The zero-order valence-corrected chi connectivity index (χ0v) is 32.1. The van der Waals surface area contributed by atoms with Gasteiger partial charge in [0.05, 0.1) is 27.1 Å². The molecular formula is C36H48N6O7S2. The fraction of sp³-hybridized carbons (Fsp3) is 0.528. The fourth-order valence-corrected chi connectivity index (χ4v) is 9.00. The van der Waals surface area contributed by atoms with E-state index in [-0.39, 0.29) is 47.1 Å². The summed E-state index contributed by atoms with van der Waals surface area (Å²) in [6.45, 7) is 15.3. The van der Waals surface area contributed by atoms with Crippen molar-refractivity contribution in [2.24, 2.45) is 16.6 Å². The smallest absolute Gasteiger partial charge is 0.410 e. The van der Waals surface area contributed by atoms with E-state index < -0.39 is 39.3 Å². The van der Waals surface area contributed by atoms with E-state index in [9.17, 15) is 22.8 Å². The summed E-state index contributed by atoms with van der Waals surface area (Å²) >= 11 is 1.25. The number of fused-ring (bicyclic) bond motifs is 2. The maximum atomic E-state index is 13.8. The van der Waals surface area contributed by atoms with Crippen molar-refractivity contribution in [3.05, 3.63) is 51.5 Å². The lowest BCUT2D eigenvalue weighted by molar-refractivity contribution is -0.125. The van der Waals surface area contributed by atoms with Gasteiger partial charge in [-0.3, -0.25) is 14.6 Å². The predicted octanol–water partition coefficient (Wildman–Crippen LogP) is 4.93. The second-order valence-corrected chi connectivity index (χ2v) is 17.5. The van der Waals surface area contributed by atoms with Crippen LogP contribution in [0.4, 0.5) is 4.79 Å². The van der Waals surface area contributed by atoms with E-state index in [0.29, 0.717) is 42.5 Å². The minimum atomic E-state index is -4.08. The number of likely N-dealkylation sites (tertiary alicyclic amines) is 1. The normalized spacial score (nSPS) is 17.9. The van der Waals surface area contributed by atoms with Gasteiger partial charge in [-0.05, 0) is 103 Å². The topological polar surface area (TPSA) is 182 Å². The van der Waals surface area contributed by atoms with Gasteiger partial charge in [0.2, 0.25) is 17.6 Å². The van der Waals surface area contributed by atoms with Crippen LogP contribution in [0, 0.1) is 26.7 Å². The molecule has 1 fully saturated rings. The fourth-order valence-electron chi connectivity index (χ4n) is 6.52. The summed E-state index contributed by atoms with van der Waals surface area (Å²) < 4.78 is 42.0. The van der Waals surface area contributed by atoms with E-state index in [0.717, 1.165) is 21.6 Å². The van der Waals surface area contributed by atoms with E-state index in [1.165, 1.54) is 16.2 Å². The van der Waals surface area contributed by atoms with Crippen molar-refractivity contribution >= 4 is 55.3 Å². The molecule has 4 N–H and O–H groups in total. The van der Waals surface area contributed by atoms with Crippen molar-refractivity contribution in [1.29, 1.82) is 0 Å². The Labute approximate surface area is 303 Å². The number of hydrogen-bond donors (Lipinski definition) is 3. The van der Waals surface area contributed by atoms with Gasteiger partial charge in [0.25, 0.3) is 10.0 Å². The van der Waals surface area contributed by atoms with E-state index in [1.807, 2.05) is 45.0 Å². The number of hydrogen-bond acceptors (Lipinski definition) is 10. The third-order valence-corrected chi connectivity index (χ3v) is 11.8. The number of benzene rings is 2. The molecule has 2 aromatic carbocycles. The van der Waals surface area contributed by atoms with E-state index in [2.05, 4.69) is 20.0 Å². The van der Waals surface area contributed by atoms with Crippen molar-refractivity contribution in [2.45, 2.75) is 103 Å². The molecule has 0 bridgehead atoms. The van der Waals surface area contributed by atoms with Gasteiger partial charge in [0.15, 0.2) is 5.01 Å². The number of carbonyl (C=O) groups is 3. The molecule has 0 saturated carbocycles. The van der Waals surface area contributed by atoms with Crippen LogP contribution in [0.3, 0.4) is 0 Å². The lowest BCUT2D eigenvalue weighted by Crippen LogP contribution is -2.45. The van der Waals surface area contributed by atoms with Gasteiger partial charge in [-0.2, -0.15) is 0 Å². The summed E-state index contributed by atoms with van der Waals surface area (Å²) in [6.07, 6.45) is 1.03. The maximum Gasteiger partial charge on any atom is 0.410 e. The van der Waals surface area contributed by atoms with Crippen LogP contribution in [0.1, 0.15) is 85.9 Å². The highest BCUT2D eigenvalue weighted by atomic mass is 32.2. The molecule has 51 heavy (non-hydrogen) atoms. The van der Waals surface area contributed by atoms with Crippen LogP contribution in [0.15, 0.2) is 34.2 Å². The van der Waals surface area contributed by atoms with Gasteiger partial charge >= 0.3 is 6.09 Å². The average Bonchev–Trinajstić information content (AvgIpc) is 3.77. The van der Waals surface area contributed by atoms with E-state index >= 15 is 0 Å². The number of nitrogens with zero attached hydrogens (tertiary/aromatic N) is 3. The molecule has 2 atom stereocenters. The molecule has 15 heteroatoms. The number of amides is 2. The molecule has 276 valence electrons. The Hall–Kier alpha value is -4.24. The summed E-state index contributed by atoms with van der Waals surface area (Å²) in [5.41, 5.74) is 8.48. The molecule has 0 spiro atoms. The number of aromatic nitrogens is 1. The Kier molecular flexibility index (Phi) is 10.7. The average molecular weight is 741 g/mol. The first-order valence-electron chi connectivity index (χ1n) is 17.1. The monoisotopic (exact) mass is 740 g/mol. The number of para-hydroxylation sites is 1. The number of ketones is 1. The molecule has 1 saturated heterocycles. The Bertz CT molecular complexity index is 1970. The number of sulfonamides is 1.